The Morgan fingerprint density at radius 3 is 1.36 bits per heavy atom. The van der Waals surface area contributed by atoms with Gasteiger partial charge in [0.15, 0.2) is 0 Å². The molecular weight excluding hydrogens is 938 g/mol. The molecule has 0 unspecified atom stereocenters. The number of fused-ring (bicyclic) bond motifs is 4. The van der Waals surface area contributed by atoms with Crippen molar-refractivity contribution in [1.29, 1.82) is 0 Å². The van der Waals surface area contributed by atoms with E-state index in [1.54, 1.807) is 0 Å². The number of benzene rings is 6. The Balaban J connectivity index is 0.000000144. The van der Waals surface area contributed by atoms with Gasteiger partial charge in [0.05, 0.1) is 11.2 Å². The van der Waals surface area contributed by atoms with Gasteiger partial charge >= 0.3 is 7.12 Å². The van der Waals surface area contributed by atoms with Crippen molar-refractivity contribution >= 4 is 67.0 Å². The van der Waals surface area contributed by atoms with Gasteiger partial charge in [0.2, 0.25) is 0 Å². The topological polar surface area (TPSA) is 36.9 Å². The van der Waals surface area contributed by atoms with Gasteiger partial charge in [-0.2, -0.15) is 0 Å². The monoisotopic (exact) mass is 982 g/mol. The maximum atomic E-state index is 6.22. The molecule has 1 fully saturated rings. The van der Waals surface area contributed by atoms with Crippen LogP contribution in [0.4, 0.5) is 0 Å². The molecule has 3 aliphatic rings. The van der Waals surface area contributed by atoms with E-state index in [-0.39, 0.29) is 29.2 Å². The average molecular weight is 984 g/mol. The third kappa shape index (κ3) is 8.15. The van der Waals surface area contributed by atoms with Crippen LogP contribution in [0.25, 0.3) is 11.1 Å². The molecule has 0 amide bonds. The molecule has 0 saturated carbocycles. The molecule has 6 aromatic rings. The lowest BCUT2D eigenvalue weighted by atomic mass is 9.71. The number of rotatable bonds is 2. The molecule has 6 aromatic carbocycles. The molecular formula is C48H46BBr2IO4. The van der Waals surface area contributed by atoms with Gasteiger partial charge in [0.1, 0.15) is 23.0 Å². The first-order chi connectivity index (χ1) is 26.5. The molecule has 0 radical (unpaired) electrons. The van der Waals surface area contributed by atoms with Gasteiger partial charge in [-0.1, -0.05) is 126 Å². The normalized spacial score (nSPS) is 17.2. The second kappa shape index (κ2) is 15.7. The van der Waals surface area contributed by atoms with Crippen molar-refractivity contribution in [1.82, 2.24) is 0 Å². The first kappa shape index (κ1) is 40.8. The van der Waals surface area contributed by atoms with Gasteiger partial charge in [-0.25, -0.2) is 0 Å². The number of halogens is 3. The van der Waals surface area contributed by atoms with E-state index in [4.69, 9.17) is 18.8 Å². The van der Waals surface area contributed by atoms with E-state index >= 15 is 0 Å². The predicted octanol–water partition coefficient (Wildman–Crippen LogP) is 14.0. The molecule has 286 valence electrons. The van der Waals surface area contributed by atoms with Crippen molar-refractivity contribution in [2.75, 3.05) is 0 Å². The van der Waals surface area contributed by atoms with Crippen molar-refractivity contribution in [3.8, 4) is 34.1 Å². The van der Waals surface area contributed by atoms with Crippen molar-refractivity contribution in [3.63, 3.8) is 0 Å². The Bertz CT molecular complexity index is 2330. The van der Waals surface area contributed by atoms with Crippen molar-refractivity contribution in [3.05, 3.63) is 168 Å². The summed E-state index contributed by atoms with van der Waals surface area (Å²) in [7, 11) is -0.358. The highest BCUT2D eigenvalue weighted by Gasteiger charge is 2.52. The zero-order valence-corrected chi connectivity index (χ0v) is 38.4. The van der Waals surface area contributed by atoms with E-state index in [0.717, 1.165) is 37.4 Å². The second-order valence-corrected chi connectivity index (χ2v) is 19.5. The Hall–Kier alpha value is -3.41. The third-order valence-electron chi connectivity index (χ3n) is 11.4. The lowest BCUT2D eigenvalue weighted by molar-refractivity contribution is 0.00578. The summed E-state index contributed by atoms with van der Waals surface area (Å²) in [6, 6.07) is 45.9. The average Bonchev–Trinajstić information content (AvgIpc) is 3.39. The van der Waals surface area contributed by atoms with Crippen LogP contribution < -0.4 is 14.9 Å². The van der Waals surface area contributed by atoms with Crippen molar-refractivity contribution < 1.29 is 18.8 Å². The molecule has 4 nitrogen and oxygen atoms in total. The van der Waals surface area contributed by atoms with Crippen molar-refractivity contribution in [2.45, 2.75) is 77.4 Å². The van der Waals surface area contributed by atoms with E-state index in [1.165, 1.54) is 37.0 Å². The molecule has 0 aromatic heterocycles. The van der Waals surface area contributed by atoms with E-state index in [2.05, 4.69) is 195 Å². The Kier molecular flexibility index (Phi) is 11.5. The molecule has 3 heterocycles. The number of para-hydroxylation sites is 2. The minimum Gasteiger partial charge on any atom is -0.457 e. The molecule has 56 heavy (non-hydrogen) atoms. The number of hydrogen-bond acceptors (Lipinski definition) is 4. The fourth-order valence-corrected chi connectivity index (χ4v) is 8.17. The van der Waals surface area contributed by atoms with Crippen LogP contribution in [-0.4, -0.2) is 18.3 Å². The molecule has 1 saturated heterocycles. The zero-order chi connectivity index (χ0) is 40.0. The molecule has 0 bridgehead atoms. The van der Waals surface area contributed by atoms with Crippen LogP contribution in [0, 0.1) is 3.57 Å². The Morgan fingerprint density at radius 1 is 0.446 bits per heavy atom. The summed E-state index contributed by atoms with van der Waals surface area (Å²) >= 11 is 9.11. The van der Waals surface area contributed by atoms with Crippen LogP contribution in [0.5, 0.6) is 23.0 Å². The summed E-state index contributed by atoms with van der Waals surface area (Å²) in [4.78, 5) is 0. The second-order valence-electron chi connectivity index (χ2n) is 16.4. The van der Waals surface area contributed by atoms with E-state index in [0.29, 0.717) is 0 Å². The van der Waals surface area contributed by atoms with Gasteiger partial charge in [-0.3, -0.25) is 0 Å². The molecule has 0 spiro atoms. The predicted molar refractivity (Wildman–Crippen MR) is 246 cm³/mol. The lowest BCUT2D eigenvalue weighted by Gasteiger charge is -2.34. The van der Waals surface area contributed by atoms with Crippen LogP contribution in [-0.2, 0) is 20.1 Å². The smallest absolute Gasteiger partial charge is 0.457 e. The van der Waals surface area contributed by atoms with Crippen molar-refractivity contribution in [2.24, 2.45) is 0 Å². The zero-order valence-electron chi connectivity index (χ0n) is 33.0. The summed E-state index contributed by atoms with van der Waals surface area (Å²) in [6.07, 6.45) is 0. The molecule has 8 heteroatoms. The molecule has 0 atom stereocenters. The maximum Gasteiger partial charge on any atom is 0.494 e. The highest BCUT2D eigenvalue weighted by Crippen LogP contribution is 2.49. The highest BCUT2D eigenvalue weighted by atomic mass is 127. The number of hydrogen-bond donors (Lipinski definition) is 0. The Morgan fingerprint density at radius 2 is 0.857 bits per heavy atom. The van der Waals surface area contributed by atoms with Crippen LogP contribution in [0.3, 0.4) is 0 Å². The maximum absolute atomic E-state index is 6.22. The third-order valence-corrected chi connectivity index (χ3v) is 13.2. The summed E-state index contributed by atoms with van der Waals surface area (Å²) < 4.78 is 28.2. The fourth-order valence-electron chi connectivity index (χ4n) is 7.28. The van der Waals surface area contributed by atoms with Crippen LogP contribution >= 0.6 is 54.5 Å². The van der Waals surface area contributed by atoms with E-state index < -0.39 is 0 Å². The largest absolute Gasteiger partial charge is 0.494 e. The number of ether oxygens (including phenoxy) is 2. The SMILES string of the molecule is Brc1ccc(I)cc1.CC1(C)c2ccccc2Oc2ccc(-c3ccc(Br)cc3)cc21.CC1(C)c2ccccc2Oc2ccc(B3OC(C)(C)C(C)(C)O3)cc21. The molecule has 9 rings (SSSR count). The van der Waals surface area contributed by atoms with Gasteiger partial charge in [-0.15, -0.1) is 0 Å². The fraction of sp³-hybridized carbons (Fsp3) is 0.250. The Labute approximate surface area is 362 Å². The minimum absolute atomic E-state index is 0.0739. The summed E-state index contributed by atoms with van der Waals surface area (Å²) in [5.74, 6) is 3.75. The van der Waals surface area contributed by atoms with E-state index in [9.17, 15) is 0 Å². The summed E-state index contributed by atoms with van der Waals surface area (Å²) in [6.45, 7) is 17.3. The lowest BCUT2D eigenvalue weighted by Crippen LogP contribution is -2.41. The highest BCUT2D eigenvalue weighted by molar-refractivity contribution is 14.1. The molecule has 0 N–H and O–H groups in total. The first-order valence-corrected chi connectivity index (χ1v) is 21.5. The summed E-state index contributed by atoms with van der Waals surface area (Å²) in [5, 5.41) is 0. The molecule has 0 aliphatic carbocycles. The minimum atomic E-state index is -0.358. The van der Waals surface area contributed by atoms with Crippen LogP contribution in [0.15, 0.2) is 142 Å². The van der Waals surface area contributed by atoms with Gasteiger partial charge in [-0.05, 0) is 134 Å². The van der Waals surface area contributed by atoms with Gasteiger partial charge in [0.25, 0.3) is 0 Å². The van der Waals surface area contributed by atoms with Gasteiger partial charge in [0, 0.05) is 45.6 Å². The molecule has 3 aliphatic heterocycles. The standard InChI is InChI=1S/C21H25BO3.C21H17BrO.C6H4BrI/c1-19(2)15-9-7-8-10-17(15)23-18-12-11-14(13-16(18)19)22-24-20(3,4)21(5,6)25-22;1-21(2)17-5-3-4-6-19(17)23-20-12-9-15(13-18(20)21)14-7-10-16(22)11-8-14;7-5-1-3-6(8)4-2-5/h7-13H,1-6H3;3-13H,1-2H3;1-4H. The van der Waals surface area contributed by atoms with Crippen LogP contribution in [0.2, 0.25) is 0 Å². The van der Waals surface area contributed by atoms with Gasteiger partial charge < -0.3 is 18.8 Å². The summed E-state index contributed by atoms with van der Waals surface area (Å²) in [5.41, 5.74) is 7.41. The van der Waals surface area contributed by atoms with Crippen LogP contribution in [0.1, 0.15) is 77.6 Å². The first-order valence-electron chi connectivity index (χ1n) is 18.8. The quantitative estimate of drug-likeness (QED) is 0.128. The van der Waals surface area contributed by atoms with E-state index in [1.807, 2.05) is 48.5 Å².